The van der Waals surface area contributed by atoms with Crippen LogP contribution in [0.2, 0.25) is 0 Å². The van der Waals surface area contributed by atoms with E-state index in [1.807, 2.05) is 7.05 Å². The fourth-order valence-electron chi connectivity index (χ4n) is 3.10. The minimum atomic E-state index is 0.0414. The van der Waals surface area contributed by atoms with Crippen molar-refractivity contribution in [2.75, 3.05) is 0 Å². The Kier molecular flexibility index (Phi) is 2.94. The number of aryl methyl sites for hydroxylation is 1. The van der Waals surface area contributed by atoms with Crippen LogP contribution in [0.1, 0.15) is 31.0 Å². The van der Waals surface area contributed by atoms with E-state index in [9.17, 15) is 0 Å². The first-order chi connectivity index (χ1) is 8.20. The Morgan fingerprint density at radius 2 is 2.41 bits per heavy atom. The average Bonchev–Trinajstić information content (AvgIpc) is 3.00. The Morgan fingerprint density at radius 3 is 2.88 bits per heavy atom. The maximum Gasteiger partial charge on any atom is 0.153 e. The van der Waals surface area contributed by atoms with Gasteiger partial charge < -0.3 is 4.74 Å². The molecule has 2 fully saturated rings. The van der Waals surface area contributed by atoms with Gasteiger partial charge in [-0.2, -0.15) is 0 Å². The molecule has 3 heterocycles. The van der Waals surface area contributed by atoms with Crippen LogP contribution < -0.4 is 11.3 Å². The molecule has 0 aromatic carbocycles. The van der Waals surface area contributed by atoms with Crippen LogP contribution in [0.5, 0.6) is 0 Å². The number of aromatic nitrogens is 3. The van der Waals surface area contributed by atoms with Gasteiger partial charge in [-0.25, -0.2) is 4.68 Å². The molecule has 1 aromatic rings. The second-order valence-corrected chi connectivity index (χ2v) is 5.56. The number of rotatable bonds is 3. The van der Waals surface area contributed by atoms with Gasteiger partial charge in [-0.05, 0) is 35.2 Å². The Labute approximate surface area is 108 Å². The standard InChI is InChI=1S/C10H16BrN5O/c1-16-9(10(11)14-15-16)8(13-12)6-4-5-2-3-7(6)17-5/h5-8,13H,2-4,12H2,1H3. The molecule has 6 nitrogen and oxygen atoms in total. The second kappa shape index (κ2) is 4.31. The number of hydrazine groups is 1. The summed E-state index contributed by atoms with van der Waals surface area (Å²) in [4.78, 5) is 0. The van der Waals surface area contributed by atoms with Gasteiger partial charge in [-0.3, -0.25) is 11.3 Å². The third-order valence-corrected chi connectivity index (χ3v) is 4.45. The summed E-state index contributed by atoms with van der Waals surface area (Å²) in [5, 5.41) is 8.01. The lowest BCUT2D eigenvalue weighted by atomic mass is 9.83. The molecule has 0 amide bonds. The highest BCUT2D eigenvalue weighted by atomic mass is 79.9. The van der Waals surface area contributed by atoms with E-state index in [0.717, 1.165) is 23.1 Å². The number of ether oxygens (including phenoxy) is 1. The summed E-state index contributed by atoms with van der Waals surface area (Å²) in [6, 6.07) is 0.0414. The lowest BCUT2D eigenvalue weighted by Gasteiger charge is -2.27. The van der Waals surface area contributed by atoms with Crippen molar-refractivity contribution in [1.82, 2.24) is 20.4 Å². The molecule has 0 spiro atoms. The van der Waals surface area contributed by atoms with E-state index < -0.39 is 0 Å². The Morgan fingerprint density at radius 1 is 1.59 bits per heavy atom. The SMILES string of the molecule is Cn1nnc(Br)c1C(NN)C1CC2CCC1O2. The number of hydrogen-bond acceptors (Lipinski definition) is 5. The lowest BCUT2D eigenvalue weighted by Crippen LogP contribution is -2.38. The molecule has 1 aromatic heterocycles. The van der Waals surface area contributed by atoms with Crippen molar-refractivity contribution in [3.05, 3.63) is 10.3 Å². The van der Waals surface area contributed by atoms with Crippen molar-refractivity contribution < 1.29 is 4.74 Å². The van der Waals surface area contributed by atoms with Gasteiger partial charge in [0.15, 0.2) is 4.60 Å². The summed E-state index contributed by atoms with van der Waals surface area (Å²) in [6.07, 6.45) is 4.13. The largest absolute Gasteiger partial charge is 0.375 e. The van der Waals surface area contributed by atoms with Crippen LogP contribution in [-0.4, -0.2) is 27.2 Å². The molecule has 2 aliphatic rings. The van der Waals surface area contributed by atoms with Crippen LogP contribution in [0.3, 0.4) is 0 Å². The van der Waals surface area contributed by atoms with E-state index in [-0.39, 0.29) is 6.04 Å². The molecule has 4 atom stereocenters. The maximum atomic E-state index is 5.88. The average molecular weight is 302 g/mol. The Hall–Kier alpha value is -0.500. The van der Waals surface area contributed by atoms with E-state index in [1.165, 1.54) is 6.42 Å². The van der Waals surface area contributed by atoms with Gasteiger partial charge in [0.25, 0.3) is 0 Å². The van der Waals surface area contributed by atoms with E-state index in [4.69, 9.17) is 10.6 Å². The smallest absolute Gasteiger partial charge is 0.153 e. The summed E-state index contributed by atoms with van der Waals surface area (Å²) in [5.74, 6) is 6.13. The van der Waals surface area contributed by atoms with Gasteiger partial charge in [0, 0.05) is 13.0 Å². The molecule has 0 aliphatic carbocycles. The summed E-state index contributed by atoms with van der Waals surface area (Å²) >= 11 is 3.43. The normalized spacial score (nSPS) is 33.2. The molecule has 3 rings (SSSR count). The van der Waals surface area contributed by atoms with Gasteiger partial charge in [0.1, 0.15) is 0 Å². The Bertz CT molecular complexity index is 403. The molecule has 7 heteroatoms. The first kappa shape index (κ1) is 11.6. The number of nitrogens with zero attached hydrogens (tertiary/aromatic N) is 3. The van der Waals surface area contributed by atoms with Gasteiger partial charge in [-0.1, -0.05) is 5.21 Å². The fourth-order valence-corrected chi connectivity index (χ4v) is 3.68. The molecule has 4 unspecified atom stereocenters. The highest BCUT2D eigenvalue weighted by Gasteiger charge is 2.45. The summed E-state index contributed by atoms with van der Waals surface area (Å²) in [5.41, 5.74) is 3.90. The third-order valence-electron chi connectivity index (χ3n) is 3.88. The zero-order valence-corrected chi connectivity index (χ0v) is 11.2. The molecular formula is C10H16BrN5O. The highest BCUT2D eigenvalue weighted by Crippen LogP contribution is 2.45. The Balaban J connectivity index is 1.89. The van der Waals surface area contributed by atoms with Crippen LogP contribution in [0.4, 0.5) is 0 Å². The molecule has 0 radical (unpaired) electrons. The fraction of sp³-hybridized carbons (Fsp3) is 0.800. The van der Waals surface area contributed by atoms with E-state index >= 15 is 0 Å². The second-order valence-electron chi connectivity index (χ2n) is 4.81. The molecule has 2 saturated heterocycles. The van der Waals surface area contributed by atoms with Gasteiger partial charge in [0.05, 0.1) is 23.9 Å². The number of hydrogen-bond donors (Lipinski definition) is 2. The quantitative estimate of drug-likeness (QED) is 0.633. The van der Waals surface area contributed by atoms with Crippen LogP contribution in [0, 0.1) is 5.92 Å². The number of fused-ring (bicyclic) bond motifs is 2. The van der Waals surface area contributed by atoms with Gasteiger partial charge in [-0.15, -0.1) is 5.10 Å². The van der Waals surface area contributed by atoms with Crippen molar-refractivity contribution in [3.63, 3.8) is 0 Å². The predicted octanol–water partition coefficient (Wildman–Crippen LogP) is 0.649. The first-order valence-corrected chi connectivity index (χ1v) is 6.66. The summed E-state index contributed by atoms with van der Waals surface area (Å²) in [7, 11) is 1.88. The summed E-state index contributed by atoms with van der Waals surface area (Å²) in [6.45, 7) is 0. The van der Waals surface area contributed by atoms with Crippen molar-refractivity contribution in [2.24, 2.45) is 18.8 Å². The monoisotopic (exact) mass is 301 g/mol. The number of nitrogens with one attached hydrogen (secondary N) is 1. The van der Waals surface area contributed by atoms with Crippen LogP contribution >= 0.6 is 15.9 Å². The third kappa shape index (κ3) is 1.81. The van der Waals surface area contributed by atoms with E-state index in [1.54, 1.807) is 4.68 Å². The molecular weight excluding hydrogens is 286 g/mol. The van der Waals surface area contributed by atoms with Crippen LogP contribution in [-0.2, 0) is 11.8 Å². The zero-order valence-electron chi connectivity index (χ0n) is 9.64. The van der Waals surface area contributed by atoms with Crippen LogP contribution in [0.25, 0.3) is 0 Å². The molecule has 2 bridgehead atoms. The minimum absolute atomic E-state index is 0.0414. The van der Waals surface area contributed by atoms with Gasteiger partial charge >= 0.3 is 0 Å². The summed E-state index contributed by atoms with van der Waals surface area (Å²) < 4.78 is 8.40. The van der Waals surface area contributed by atoms with Crippen molar-refractivity contribution >= 4 is 15.9 Å². The number of halogens is 1. The molecule has 94 valence electrons. The molecule has 2 aliphatic heterocycles. The van der Waals surface area contributed by atoms with E-state index in [0.29, 0.717) is 18.1 Å². The lowest BCUT2D eigenvalue weighted by molar-refractivity contribution is 0.0849. The van der Waals surface area contributed by atoms with Crippen molar-refractivity contribution in [2.45, 2.75) is 37.5 Å². The van der Waals surface area contributed by atoms with Crippen LogP contribution in [0.15, 0.2) is 4.60 Å². The topological polar surface area (TPSA) is 78.0 Å². The molecule has 17 heavy (non-hydrogen) atoms. The maximum absolute atomic E-state index is 5.88. The minimum Gasteiger partial charge on any atom is -0.375 e. The first-order valence-electron chi connectivity index (χ1n) is 5.87. The van der Waals surface area contributed by atoms with Crippen molar-refractivity contribution in [3.8, 4) is 0 Å². The van der Waals surface area contributed by atoms with E-state index in [2.05, 4.69) is 31.7 Å². The highest BCUT2D eigenvalue weighted by molar-refractivity contribution is 9.10. The number of nitrogens with two attached hydrogens (primary N) is 1. The van der Waals surface area contributed by atoms with Gasteiger partial charge in [0.2, 0.25) is 0 Å². The molecule has 0 saturated carbocycles. The van der Waals surface area contributed by atoms with Crippen molar-refractivity contribution in [1.29, 1.82) is 0 Å². The zero-order chi connectivity index (χ0) is 12.0. The predicted molar refractivity (Wildman–Crippen MR) is 64.8 cm³/mol. The molecule has 3 N–H and O–H groups in total.